The van der Waals surface area contributed by atoms with Crippen LogP contribution < -0.4 is 5.73 Å². The molecule has 0 saturated heterocycles. The first kappa shape index (κ1) is 11.3. The minimum Gasteiger partial charge on any atom is -0.338 e. The van der Waals surface area contributed by atoms with Crippen LogP contribution in [0.2, 0.25) is 0 Å². The molecule has 1 aromatic carbocycles. The average Bonchev–Trinajstić information content (AvgIpc) is 2.66. The molecule has 2 aromatic rings. The standard InChI is InChI=1S/C11H12BrN3O/c1-7(13)11-14-10(15-16-11)6-8-3-2-4-9(12)5-8/h2-5,7H,6,13H2,1H3/t7-/m1/s1. The van der Waals surface area contributed by atoms with Gasteiger partial charge in [0.2, 0.25) is 5.89 Å². The van der Waals surface area contributed by atoms with E-state index in [0.717, 1.165) is 10.0 Å². The highest BCUT2D eigenvalue weighted by atomic mass is 79.9. The highest BCUT2D eigenvalue weighted by Gasteiger charge is 2.10. The van der Waals surface area contributed by atoms with Crippen LogP contribution in [0.5, 0.6) is 0 Å². The van der Waals surface area contributed by atoms with E-state index in [4.69, 9.17) is 10.3 Å². The van der Waals surface area contributed by atoms with Gasteiger partial charge in [0.1, 0.15) is 0 Å². The molecule has 16 heavy (non-hydrogen) atoms. The van der Waals surface area contributed by atoms with Gasteiger partial charge in [-0.3, -0.25) is 0 Å². The van der Waals surface area contributed by atoms with Crippen molar-refractivity contribution in [2.45, 2.75) is 19.4 Å². The second-order valence-corrected chi connectivity index (χ2v) is 4.56. The van der Waals surface area contributed by atoms with Gasteiger partial charge >= 0.3 is 0 Å². The van der Waals surface area contributed by atoms with Crippen LogP contribution in [0.3, 0.4) is 0 Å². The van der Waals surface area contributed by atoms with Crippen LogP contribution in [0.25, 0.3) is 0 Å². The van der Waals surface area contributed by atoms with Crippen LogP contribution >= 0.6 is 15.9 Å². The molecule has 84 valence electrons. The molecule has 0 aliphatic carbocycles. The van der Waals surface area contributed by atoms with E-state index in [1.54, 1.807) is 0 Å². The maximum atomic E-state index is 5.64. The second kappa shape index (κ2) is 4.76. The SMILES string of the molecule is C[C@@H](N)c1nc(Cc2cccc(Br)c2)no1. The highest BCUT2D eigenvalue weighted by Crippen LogP contribution is 2.15. The number of hydrogen-bond acceptors (Lipinski definition) is 4. The summed E-state index contributed by atoms with van der Waals surface area (Å²) in [6, 6.07) is 7.79. The summed E-state index contributed by atoms with van der Waals surface area (Å²) in [5.74, 6) is 1.13. The van der Waals surface area contributed by atoms with Crippen molar-refractivity contribution in [3.05, 3.63) is 46.0 Å². The number of nitrogens with zero attached hydrogens (tertiary/aromatic N) is 2. The Hall–Kier alpha value is -1.20. The maximum Gasteiger partial charge on any atom is 0.243 e. The largest absolute Gasteiger partial charge is 0.338 e. The lowest BCUT2D eigenvalue weighted by atomic mass is 10.1. The normalized spacial score (nSPS) is 12.7. The van der Waals surface area contributed by atoms with Gasteiger partial charge in [0, 0.05) is 10.9 Å². The Morgan fingerprint density at radius 1 is 1.50 bits per heavy atom. The Morgan fingerprint density at radius 2 is 2.31 bits per heavy atom. The lowest BCUT2D eigenvalue weighted by Crippen LogP contribution is -2.05. The van der Waals surface area contributed by atoms with E-state index in [1.807, 2.05) is 31.2 Å². The topological polar surface area (TPSA) is 64.9 Å². The zero-order chi connectivity index (χ0) is 11.5. The molecule has 0 spiro atoms. The van der Waals surface area contributed by atoms with Crippen LogP contribution in [-0.2, 0) is 6.42 Å². The Bertz CT molecular complexity index is 482. The van der Waals surface area contributed by atoms with Gasteiger partial charge in [-0.25, -0.2) is 0 Å². The van der Waals surface area contributed by atoms with Crippen LogP contribution in [0.1, 0.15) is 30.2 Å². The van der Waals surface area contributed by atoms with Crippen molar-refractivity contribution in [1.82, 2.24) is 10.1 Å². The van der Waals surface area contributed by atoms with Crippen molar-refractivity contribution < 1.29 is 4.52 Å². The highest BCUT2D eigenvalue weighted by molar-refractivity contribution is 9.10. The van der Waals surface area contributed by atoms with E-state index in [1.165, 1.54) is 0 Å². The van der Waals surface area contributed by atoms with Crippen molar-refractivity contribution in [2.24, 2.45) is 5.73 Å². The predicted molar refractivity (Wildman–Crippen MR) is 63.8 cm³/mol. The van der Waals surface area contributed by atoms with E-state index < -0.39 is 0 Å². The van der Waals surface area contributed by atoms with Gasteiger partial charge in [-0.15, -0.1) is 0 Å². The van der Waals surface area contributed by atoms with Gasteiger partial charge in [-0.1, -0.05) is 33.2 Å². The Kier molecular flexibility index (Phi) is 3.36. The van der Waals surface area contributed by atoms with Crippen molar-refractivity contribution in [3.63, 3.8) is 0 Å². The predicted octanol–water partition coefficient (Wildman–Crippen LogP) is 2.44. The van der Waals surface area contributed by atoms with Gasteiger partial charge < -0.3 is 10.3 Å². The molecule has 0 aliphatic heterocycles. The molecule has 4 nitrogen and oxygen atoms in total. The Labute approximate surface area is 102 Å². The van der Waals surface area contributed by atoms with E-state index in [2.05, 4.69) is 26.1 Å². The third-order valence-corrected chi connectivity index (χ3v) is 2.62. The molecule has 0 fully saturated rings. The van der Waals surface area contributed by atoms with Crippen LogP contribution in [0, 0.1) is 0 Å². The molecule has 0 radical (unpaired) electrons. The molecule has 0 aliphatic rings. The molecule has 0 saturated carbocycles. The summed E-state index contributed by atoms with van der Waals surface area (Å²) in [5, 5.41) is 3.88. The summed E-state index contributed by atoms with van der Waals surface area (Å²) in [6.07, 6.45) is 0.648. The first-order valence-electron chi connectivity index (χ1n) is 4.97. The smallest absolute Gasteiger partial charge is 0.243 e. The van der Waals surface area contributed by atoms with Crippen LogP contribution in [0.15, 0.2) is 33.3 Å². The zero-order valence-corrected chi connectivity index (χ0v) is 10.4. The summed E-state index contributed by atoms with van der Waals surface area (Å²) in [5.41, 5.74) is 6.77. The zero-order valence-electron chi connectivity index (χ0n) is 8.85. The van der Waals surface area contributed by atoms with Gasteiger partial charge in [-0.05, 0) is 24.6 Å². The van der Waals surface area contributed by atoms with Crippen molar-refractivity contribution in [2.75, 3.05) is 0 Å². The average molecular weight is 282 g/mol. The number of benzene rings is 1. The fourth-order valence-electron chi connectivity index (χ4n) is 1.35. The molecule has 1 aromatic heterocycles. The third-order valence-electron chi connectivity index (χ3n) is 2.12. The quantitative estimate of drug-likeness (QED) is 0.939. The maximum absolute atomic E-state index is 5.64. The van der Waals surface area contributed by atoms with Crippen molar-refractivity contribution >= 4 is 15.9 Å². The van der Waals surface area contributed by atoms with Crippen LogP contribution in [0.4, 0.5) is 0 Å². The third kappa shape index (κ3) is 2.68. The van der Waals surface area contributed by atoms with Gasteiger partial charge in [0.05, 0.1) is 6.04 Å². The summed E-state index contributed by atoms with van der Waals surface area (Å²) >= 11 is 3.42. The molecule has 2 N–H and O–H groups in total. The van der Waals surface area contributed by atoms with Crippen molar-refractivity contribution in [1.29, 1.82) is 0 Å². The second-order valence-electron chi connectivity index (χ2n) is 3.64. The Balaban J connectivity index is 2.14. The molecule has 1 atom stereocenters. The number of halogens is 1. The lowest BCUT2D eigenvalue weighted by molar-refractivity contribution is 0.358. The van der Waals surface area contributed by atoms with Gasteiger partial charge in [0.15, 0.2) is 5.82 Å². The fraction of sp³-hybridized carbons (Fsp3) is 0.273. The molecular formula is C11H12BrN3O. The van der Waals surface area contributed by atoms with Crippen LogP contribution in [-0.4, -0.2) is 10.1 Å². The molecule has 0 amide bonds. The monoisotopic (exact) mass is 281 g/mol. The Morgan fingerprint density at radius 3 is 2.94 bits per heavy atom. The molecular weight excluding hydrogens is 270 g/mol. The number of rotatable bonds is 3. The number of aromatic nitrogens is 2. The van der Waals surface area contributed by atoms with Crippen molar-refractivity contribution in [3.8, 4) is 0 Å². The first-order chi connectivity index (χ1) is 7.65. The minimum atomic E-state index is -0.219. The lowest BCUT2D eigenvalue weighted by Gasteiger charge is -1.97. The van der Waals surface area contributed by atoms with E-state index >= 15 is 0 Å². The number of nitrogens with two attached hydrogens (primary N) is 1. The van der Waals surface area contributed by atoms with E-state index in [0.29, 0.717) is 18.1 Å². The molecule has 0 unspecified atom stereocenters. The molecule has 2 rings (SSSR count). The molecule has 1 heterocycles. The summed E-state index contributed by atoms with van der Waals surface area (Å²) < 4.78 is 6.07. The van der Waals surface area contributed by atoms with E-state index in [-0.39, 0.29) is 6.04 Å². The first-order valence-corrected chi connectivity index (χ1v) is 5.77. The fourth-order valence-corrected chi connectivity index (χ4v) is 1.80. The number of hydrogen-bond donors (Lipinski definition) is 1. The minimum absolute atomic E-state index is 0.219. The summed E-state index contributed by atoms with van der Waals surface area (Å²) in [6.45, 7) is 1.82. The molecule has 0 bridgehead atoms. The van der Waals surface area contributed by atoms with Gasteiger partial charge in [-0.2, -0.15) is 4.98 Å². The van der Waals surface area contributed by atoms with Gasteiger partial charge in [0.25, 0.3) is 0 Å². The van der Waals surface area contributed by atoms with E-state index in [9.17, 15) is 0 Å². The summed E-state index contributed by atoms with van der Waals surface area (Å²) in [7, 11) is 0. The summed E-state index contributed by atoms with van der Waals surface area (Å²) in [4.78, 5) is 4.22. The molecule has 5 heteroatoms.